The van der Waals surface area contributed by atoms with Crippen LogP contribution in [0.5, 0.6) is 0 Å². The smallest absolute Gasteiger partial charge is 0.274 e. The number of nitrogens with one attached hydrogen (secondary N) is 2. The van der Waals surface area contributed by atoms with Crippen LogP contribution < -0.4 is 16.8 Å². The number of carbonyl (C=O) groups excluding carboxylic acids is 3. The molecule has 0 bridgehead atoms. The first-order valence-corrected chi connectivity index (χ1v) is 18.8. The SMILES string of the molecule is Cc1c(CC(=O)N(C)C)ccc(NC(=O)c2[nH]nc3nc([C@@H]4CCCN(C(=O)/C=C/CN(C)CCOCCOCCOCCOCCN)C4)nc(N)c23)c1C. The molecule has 3 amide bonds. The maximum Gasteiger partial charge on any atom is 0.274 e. The van der Waals surface area contributed by atoms with Gasteiger partial charge in [0.15, 0.2) is 5.65 Å². The Bertz CT molecular complexity index is 1750. The van der Waals surface area contributed by atoms with Crippen LogP contribution in [-0.4, -0.2) is 159 Å². The monoisotopic (exact) mass is 766 g/mol. The van der Waals surface area contributed by atoms with Crippen molar-refractivity contribution >= 4 is 40.3 Å². The van der Waals surface area contributed by atoms with Crippen LogP contribution in [0, 0.1) is 13.8 Å². The molecule has 4 rings (SSSR count). The second-order valence-corrected chi connectivity index (χ2v) is 13.7. The number of aromatic amines is 1. The summed E-state index contributed by atoms with van der Waals surface area (Å²) in [5, 5.41) is 10.3. The summed E-state index contributed by atoms with van der Waals surface area (Å²) in [4.78, 5) is 53.5. The van der Waals surface area contributed by atoms with E-state index in [0.717, 1.165) is 29.5 Å². The molecule has 1 fully saturated rings. The third kappa shape index (κ3) is 13.0. The second kappa shape index (κ2) is 22.1. The fraction of sp³-hybridized carbons (Fsp3) is 0.579. The number of anilines is 2. The van der Waals surface area contributed by atoms with Crippen molar-refractivity contribution in [2.24, 2.45) is 5.73 Å². The Hall–Kier alpha value is -4.52. The minimum absolute atomic E-state index is 0.00144. The van der Waals surface area contributed by atoms with Crippen molar-refractivity contribution in [2.75, 3.05) is 118 Å². The lowest BCUT2D eigenvalue weighted by molar-refractivity contribution is -0.128. The van der Waals surface area contributed by atoms with Gasteiger partial charge in [0.25, 0.3) is 5.91 Å². The van der Waals surface area contributed by atoms with Gasteiger partial charge < -0.3 is 50.4 Å². The number of piperidine rings is 1. The standard InChI is InChI=1S/C38H58N10O7/c1-26-27(2)30(11-10-28(26)24-32(50)46(3)4)41-38(51)34-33-35(40)42-36(43-37(33)45-44-34)29-8-6-14-48(25-29)31(49)9-7-13-47(5)15-17-53-19-21-55-23-22-54-20-18-52-16-12-39/h7,9-11,29H,6,8,12-25,39H2,1-5H3,(H,41,51)(H3,40,42,43,44,45)/b9-7+/t29-/m1/s1. The first-order chi connectivity index (χ1) is 26.5. The number of hydrogen-bond donors (Lipinski definition) is 4. The molecule has 3 aromatic rings. The average Bonchev–Trinajstić information content (AvgIpc) is 3.61. The molecule has 0 saturated carbocycles. The highest BCUT2D eigenvalue weighted by Crippen LogP contribution is 2.29. The number of benzene rings is 1. The molecule has 17 heteroatoms. The molecule has 1 atom stereocenters. The predicted octanol–water partition coefficient (Wildman–Crippen LogP) is 1.65. The molecule has 6 N–H and O–H groups in total. The summed E-state index contributed by atoms with van der Waals surface area (Å²) in [7, 11) is 5.42. The van der Waals surface area contributed by atoms with Crippen molar-refractivity contribution in [3.63, 3.8) is 0 Å². The van der Waals surface area contributed by atoms with Gasteiger partial charge in [-0.25, -0.2) is 9.97 Å². The fourth-order valence-corrected chi connectivity index (χ4v) is 6.01. The number of ether oxygens (including phenoxy) is 4. The molecule has 0 aliphatic carbocycles. The molecule has 1 aliphatic heterocycles. The van der Waals surface area contributed by atoms with Crippen molar-refractivity contribution in [2.45, 2.75) is 39.0 Å². The van der Waals surface area contributed by atoms with E-state index in [1.807, 2.05) is 33.0 Å². The van der Waals surface area contributed by atoms with Gasteiger partial charge >= 0.3 is 0 Å². The number of likely N-dealkylation sites (N-methyl/N-ethyl adjacent to an activating group) is 2. The molecule has 2 aromatic heterocycles. The van der Waals surface area contributed by atoms with Crippen molar-refractivity contribution < 1.29 is 33.3 Å². The fourth-order valence-electron chi connectivity index (χ4n) is 6.01. The molecule has 0 spiro atoms. The van der Waals surface area contributed by atoms with E-state index in [2.05, 4.69) is 30.4 Å². The van der Waals surface area contributed by atoms with Crippen LogP contribution in [0.4, 0.5) is 11.5 Å². The molecular formula is C38H58N10O7. The quantitative estimate of drug-likeness (QED) is 0.0847. The van der Waals surface area contributed by atoms with E-state index < -0.39 is 5.91 Å². The van der Waals surface area contributed by atoms with Crippen LogP contribution in [0.25, 0.3) is 11.0 Å². The van der Waals surface area contributed by atoms with E-state index >= 15 is 0 Å². The van der Waals surface area contributed by atoms with E-state index in [-0.39, 0.29) is 41.3 Å². The zero-order valence-electron chi connectivity index (χ0n) is 32.9. The van der Waals surface area contributed by atoms with Gasteiger partial charge in [-0.1, -0.05) is 12.1 Å². The summed E-state index contributed by atoms with van der Waals surface area (Å²) in [5.41, 5.74) is 15.5. The predicted molar refractivity (Wildman–Crippen MR) is 210 cm³/mol. The minimum atomic E-state index is -0.436. The largest absolute Gasteiger partial charge is 0.383 e. The molecule has 1 aromatic carbocycles. The lowest BCUT2D eigenvalue weighted by atomic mass is 9.97. The van der Waals surface area contributed by atoms with Gasteiger partial charge in [0.2, 0.25) is 11.8 Å². The van der Waals surface area contributed by atoms with Crippen molar-refractivity contribution in [1.82, 2.24) is 34.9 Å². The van der Waals surface area contributed by atoms with Crippen LogP contribution in [0.15, 0.2) is 24.3 Å². The number of likely N-dealkylation sites (tertiary alicyclic amines) is 1. The van der Waals surface area contributed by atoms with Gasteiger partial charge in [0, 0.05) is 64.5 Å². The van der Waals surface area contributed by atoms with Crippen molar-refractivity contribution in [3.8, 4) is 0 Å². The Morgan fingerprint density at radius 1 is 0.964 bits per heavy atom. The third-order valence-corrected chi connectivity index (χ3v) is 9.45. The van der Waals surface area contributed by atoms with E-state index in [4.69, 9.17) is 30.4 Å². The number of H-pyrrole nitrogens is 1. The van der Waals surface area contributed by atoms with Crippen LogP contribution >= 0.6 is 0 Å². The first kappa shape index (κ1) is 43.2. The van der Waals surface area contributed by atoms with Gasteiger partial charge in [-0.15, -0.1) is 0 Å². The molecule has 302 valence electrons. The maximum absolute atomic E-state index is 13.4. The normalized spacial score (nSPS) is 14.7. The van der Waals surface area contributed by atoms with Crippen LogP contribution in [-0.2, 0) is 35.0 Å². The molecular weight excluding hydrogens is 708 g/mol. The maximum atomic E-state index is 13.4. The number of nitrogens with two attached hydrogens (primary N) is 2. The molecule has 17 nitrogen and oxygen atoms in total. The number of carbonyl (C=O) groups is 3. The topological polar surface area (TPSA) is 216 Å². The Morgan fingerprint density at radius 2 is 1.64 bits per heavy atom. The van der Waals surface area contributed by atoms with E-state index in [1.165, 1.54) is 0 Å². The van der Waals surface area contributed by atoms with Gasteiger partial charge in [0.05, 0.1) is 64.7 Å². The molecule has 3 heterocycles. The highest BCUT2D eigenvalue weighted by molar-refractivity contribution is 6.13. The Balaban J connectivity index is 1.22. The zero-order valence-corrected chi connectivity index (χ0v) is 32.9. The summed E-state index contributed by atoms with van der Waals surface area (Å²) in [5.74, 6) is -0.0195. The van der Waals surface area contributed by atoms with E-state index in [0.29, 0.717) is 102 Å². The van der Waals surface area contributed by atoms with Gasteiger partial charge in [-0.05, 0) is 56.5 Å². The number of nitrogens with zero attached hydrogens (tertiary/aromatic N) is 6. The van der Waals surface area contributed by atoms with Crippen molar-refractivity contribution in [1.29, 1.82) is 0 Å². The van der Waals surface area contributed by atoms with Crippen LogP contribution in [0.2, 0.25) is 0 Å². The Kier molecular flexibility index (Phi) is 17.4. The molecule has 1 saturated heterocycles. The summed E-state index contributed by atoms with van der Waals surface area (Å²) in [6, 6.07) is 3.64. The van der Waals surface area contributed by atoms with Crippen LogP contribution in [0.3, 0.4) is 0 Å². The highest BCUT2D eigenvalue weighted by Gasteiger charge is 2.28. The number of hydrogen-bond acceptors (Lipinski definition) is 13. The van der Waals surface area contributed by atoms with E-state index in [1.54, 1.807) is 36.0 Å². The van der Waals surface area contributed by atoms with Crippen LogP contribution in [0.1, 0.15) is 51.8 Å². The minimum Gasteiger partial charge on any atom is -0.383 e. The number of fused-ring (bicyclic) bond motifs is 1. The Labute approximate surface area is 323 Å². The lowest BCUT2D eigenvalue weighted by Gasteiger charge is -2.31. The third-order valence-electron chi connectivity index (χ3n) is 9.45. The van der Waals surface area contributed by atoms with Gasteiger partial charge in [-0.2, -0.15) is 5.10 Å². The molecule has 0 unspecified atom stereocenters. The average molecular weight is 767 g/mol. The first-order valence-electron chi connectivity index (χ1n) is 18.8. The second-order valence-electron chi connectivity index (χ2n) is 13.7. The van der Waals surface area contributed by atoms with Gasteiger partial charge in [0.1, 0.15) is 17.3 Å². The summed E-state index contributed by atoms with van der Waals surface area (Å²) in [6.45, 7) is 10.9. The molecule has 1 aliphatic rings. The number of amides is 3. The number of nitrogen functional groups attached to an aromatic ring is 1. The Morgan fingerprint density at radius 3 is 2.31 bits per heavy atom. The number of rotatable bonds is 22. The molecule has 55 heavy (non-hydrogen) atoms. The van der Waals surface area contributed by atoms with Crippen molar-refractivity contribution in [3.05, 3.63) is 52.5 Å². The summed E-state index contributed by atoms with van der Waals surface area (Å²) in [6.07, 6.45) is 5.32. The zero-order chi connectivity index (χ0) is 39.7. The molecule has 0 radical (unpaired) electrons. The summed E-state index contributed by atoms with van der Waals surface area (Å²) < 4.78 is 21.8. The highest BCUT2D eigenvalue weighted by atomic mass is 16.6. The summed E-state index contributed by atoms with van der Waals surface area (Å²) >= 11 is 0. The number of aromatic nitrogens is 4. The van der Waals surface area contributed by atoms with E-state index in [9.17, 15) is 14.4 Å². The lowest BCUT2D eigenvalue weighted by Crippen LogP contribution is -2.38. The van der Waals surface area contributed by atoms with Gasteiger partial charge in [-0.3, -0.25) is 19.5 Å².